The van der Waals surface area contributed by atoms with Gasteiger partial charge in [0.05, 0.1) is 17.3 Å². The van der Waals surface area contributed by atoms with Crippen molar-refractivity contribution < 1.29 is 36.3 Å². The smallest absolute Gasteiger partial charge is 0.345 e. The first kappa shape index (κ1) is 31.3. The number of pyridine rings is 1. The van der Waals surface area contributed by atoms with Gasteiger partial charge in [-0.05, 0) is 54.1 Å². The number of alkyl halides is 3. The van der Waals surface area contributed by atoms with E-state index in [2.05, 4.69) is 31.0 Å². The van der Waals surface area contributed by atoms with Gasteiger partial charge < -0.3 is 20.5 Å². The summed E-state index contributed by atoms with van der Waals surface area (Å²) in [6, 6.07) is 8.44. The highest BCUT2D eigenvalue weighted by molar-refractivity contribution is 6.31. The fourth-order valence-electron chi connectivity index (χ4n) is 4.95. The molecule has 1 unspecified atom stereocenters. The Kier molecular flexibility index (Phi) is 8.19. The maximum Gasteiger partial charge on any atom is 0.416 e. The summed E-state index contributed by atoms with van der Waals surface area (Å²) in [6.07, 6.45) is -0.156. The third-order valence-electron chi connectivity index (χ3n) is 7.08. The van der Waals surface area contributed by atoms with Crippen molar-refractivity contribution in [2.24, 2.45) is 0 Å². The van der Waals surface area contributed by atoms with E-state index in [4.69, 9.17) is 11.6 Å². The normalized spacial score (nSPS) is 14.3. The second kappa shape index (κ2) is 12.3. The van der Waals surface area contributed by atoms with Crippen molar-refractivity contribution in [2.75, 3.05) is 5.32 Å². The van der Waals surface area contributed by atoms with E-state index in [0.717, 1.165) is 12.1 Å². The number of halogens is 6. The fourth-order valence-corrected chi connectivity index (χ4v) is 5.18. The van der Waals surface area contributed by atoms with Crippen LogP contribution in [0.4, 0.5) is 27.8 Å². The number of nitrogens with zero attached hydrogens (tertiary/aromatic N) is 5. The zero-order valence-corrected chi connectivity index (χ0v) is 24.4. The van der Waals surface area contributed by atoms with Crippen LogP contribution in [-0.4, -0.2) is 42.0 Å². The van der Waals surface area contributed by atoms with Crippen molar-refractivity contribution in [3.63, 3.8) is 0 Å². The first-order valence-electron chi connectivity index (χ1n) is 13.6. The molecule has 3 amide bonds. The van der Waals surface area contributed by atoms with Crippen LogP contribution in [0.2, 0.25) is 5.02 Å². The SMILES string of the molecule is O=C1Cn2c(C(=O)NCc3ccc(-n4cccn4)nc3)nc(NC(=O)c3cc(F)cc(C(F)(F)F)c3)c2C(c2cc(F)ccc2Cl)N1. The minimum Gasteiger partial charge on any atom is -0.345 e. The molecule has 0 aliphatic carbocycles. The molecule has 0 saturated heterocycles. The summed E-state index contributed by atoms with van der Waals surface area (Å²) in [4.78, 5) is 48.0. The van der Waals surface area contributed by atoms with Gasteiger partial charge in [0.1, 0.15) is 18.2 Å². The predicted octanol–water partition coefficient (Wildman–Crippen LogP) is 4.82. The van der Waals surface area contributed by atoms with E-state index in [0.29, 0.717) is 23.5 Å². The van der Waals surface area contributed by atoms with Crippen molar-refractivity contribution in [2.45, 2.75) is 25.3 Å². The molecule has 6 rings (SSSR count). The van der Waals surface area contributed by atoms with E-state index >= 15 is 0 Å². The highest BCUT2D eigenvalue weighted by atomic mass is 35.5. The first-order valence-corrected chi connectivity index (χ1v) is 14.0. The average Bonchev–Trinajstić information content (AvgIpc) is 3.69. The Bertz CT molecular complexity index is 2010. The molecule has 0 spiro atoms. The largest absolute Gasteiger partial charge is 0.416 e. The molecule has 240 valence electrons. The highest BCUT2D eigenvalue weighted by Gasteiger charge is 2.37. The summed E-state index contributed by atoms with van der Waals surface area (Å²) in [5, 5.41) is 11.7. The zero-order valence-electron chi connectivity index (χ0n) is 23.6. The number of aromatic nitrogens is 5. The number of carbonyl (C=O) groups excluding carboxylic acids is 3. The minimum absolute atomic E-state index is 0.0145. The molecule has 17 heteroatoms. The number of nitrogens with one attached hydrogen (secondary N) is 3. The standard InChI is InChI=1S/C30H20ClF5N8O3/c31-21-4-3-18(32)11-20(21)24-25-26(42-28(46)16-8-17(30(34,35)36)10-19(33)9-16)41-27(43(25)14-23(45)40-24)29(47)38-13-15-2-5-22(37-12-15)44-7-1-6-39-44/h1-12,24H,13-14H2,(H,38,47)(H,40,45)(H,42,46). The summed E-state index contributed by atoms with van der Waals surface area (Å²) in [6.45, 7) is -0.507. The van der Waals surface area contributed by atoms with Crippen LogP contribution in [0.5, 0.6) is 0 Å². The summed E-state index contributed by atoms with van der Waals surface area (Å²) in [5.74, 6) is -4.86. The lowest BCUT2D eigenvalue weighted by atomic mass is 10.0. The van der Waals surface area contributed by atoms with Gasteiger partial charge in [-0.15, -0.1) is 0 Å². The molecule has 0 fully saturated rings. The second-order valence-electron chi connectivity index (χ2n) is 10.3. The summed E-state index contributed by atoms with van der Waals surface area (Å²) in [7, 11) is 0. The Balaban J connectivity index is 1.36. The zero-order chi connectivity index (χ0) is 33.5. The number of hydrogen-bond acceptors (Lipinski definition) is 6. The van der Waals surface area contributed by atoms with Gasteiger partial charge in [0.2, 0.25) is 11.7 Å². The van der Waals surface area contributed by atoms with Crippen molar-refractivity contribution in [3.05, 3.63) is 124 Å². The van der Waals surface area contributed by atoms with Crippen molar-refractivity contribution in [1.29, 1.82) is 0 Å². The predicted molar refractivity (Wildman–Crippen MR) is 156 cm³/mol. The van der Waals surface area contributed by atoms with Gasteiger partial charge in [-0.3, -0.25) is 14.4 Å². The molecule has 1 atom stereocenters. The van der Waals surface area contributed by atoms with Crippen LogP contribution >= 0.6 is 11.6 Å². The molecule has 4 heterocycles. The molecule has 1 aliphatic rings. The van der Waals surface area contributed by atoms with Crippen LogP contribution < -0.4 is 16.0 Å². The molecule has 0 saturated carbocycles. The lowest BCUT2D eigenvalue weighted by Crippen LogP contribution is -2.41. The third kappa shape index (κ3) is 6.53. The number of carbonyl (C=O) groups is 3. The molecular formula is C30H20ClF5N8O3. The highest BCUT2D eigenvalue weighted by Crippen LogP contribution is 2.36. The Morgan fingerprint density at radius 2 is 1.85 bits per heavy atom. The van der Waals surface area contributed by atoms with Gasteiger partial charge in [-0.25, -0.2) is 23.4 Å². The number of rotatable bonds is 7. The molecule has 0 radical (unpaired) electrons. The fraction of sp³-hybridized carbons (Fsp3) is 0.133. The lowest BCUT2D eigenvalue weighted by Gasteiger charge is -2.28. The number of imidazole rings is 1. The van der Waals surface area contributed by atoms with Crippen LogP contribution in [-0.2, 0) is 24.1 Å². The lowest BCUT2D eigenvalue weighted by molar-refractivity contribution is -0.137. The number of fused-ring (bicyclic) bond motifs is 1. The molecule has 11 nitrogen and oxygen atoms in total. The topological polar surface area (TPSA) is 136 Å². The molecule has 47 heavy (non-hydrogen) atoms. The van der Waals surface area contributed by atoms with Gasteiger partial charge in [-0.2, -0.15) is 18.3 Å². The monoisotopic (exact) mass is 670 g/mol. The van der Waals surface area contributed by atoms with Gasteiger partial charge in [0.25, 0.3) is 11.8 Å². The van der Waals surface area contributed by atoms with E-state index < -0.39 is 59.2 Å². The van der Waals surface area contributed by atoms with E-state index in [1.165, 1.54) is 21.5 Å². The average molecular weight is 671 g/mol. The Morgan fingerprint density at radius 3 is 2.55 bits per heavy atom. The molecule has 3 aromatic heterocycles. The molecule has 3 N–H and O–H groups in total. The number of benzene rings is 2. The summed E-state index contributed by atoms with van der Waals surface area (Å²) >= 11 is 6.33. The minimum atomic E-state index is -4.95. The van der Waals surface area contributed by atoms with Crippen molar-refractivity contribution >= 4 is 35.1 Å². The van der Waals surface area contributed by atoms with Crippen LogP contribution in [0.25, 0.3) is 5.82 Å². The van der Waals surface area contributed by atoms with Crippen LogP contribution in [0.15, 0.2) is 73.2 Å². The van der Waals surface area contributed by atoms with E-state index in [9.17, 15) is 36.3 Å². The van der Waals surface area contributed by atoms with E-state index in [1.807, 2.05) is 0 Å². The van der Waals surface area contributed by atoms with Gasteiger partial charge >= 0.3 is 6.18 Å². The molecular weight excluding hydrogens is 651 g/mol. The van der Waals surface area contributed by atoms with Gasteiger partial charge in [-0.1, -0.05) is 17.7 Å². The van der Waals surface area contributed by atoms with Crippen molar-refractivity contribution in [1.82, 2.24) is 34.9 Å². The van der Waals surface area contributed by atoms with E-state index in [1.54, 1.807) is 30.6 Å². The Labute approximate surface area is 266 Å². The maximum absolute atomic E-state index is 14.3. The van der Waals surface area contributed by atoms with Crippen LogP contribution in [0.3, 0.4) is 0 Å². The van der Waals surface area contributed by atoms with Crippen LogP contribution in [0, 0.1) is 11.6 Å². The molecule has 0 bridgehead atoms. The van der Waals surface area contributed by atoms with Crippen molar-refractivity contribution in [3.8, 4) is 5.82 Å². The molecule has 1 aliphatic heterocycles. The summed E-state index contributed by atoms with van der Waals surface area (Å²) < 4.78 is 71.1. The first-order chi connectivity index (χ1) is 22.4. The number of hydrogen-bond donors (Lipinski definition) is 3. The van der Waals surface area contributed by atoms with Crippen LogP contribution in [0.1, 0.15) is 49.4 Å². The van der Waals surface area contributed by atoms with Gasteiger partial charge in [0.15, 0.2) is 11.6 Å². The Hall–Kier alpha value is -5.64. The number of anilines is 1. The summed E-state index contributed by atoms with van der Waals surface area (Å²) in [5.41, 5.74) is -1.51. The van der Waals surface area contributed by atoms with Gasteiger partial charge in [0, 0.05) is 41.3 Å². The maximum atomic E-state index is 14.3. The third-order valence-corrected chi connectivity index (χ3v) is 7.42. The van der Waals surface area contributed by atoms with E-state index in [-0.39, 0.29) is 40.5 Å². The Morgan fingerprint density at radius 1 is 1.04 bits per heavy atom. The quantitative estimate of drug-likeness (QED) is 0.213. The second-order valence-corrected chi connectivity index (χ2v) is 10.7. The molecule has 2 aromatic carbocycles. The molecule has 5 aromatic rings. The number of amides is 3.